The van der Waals surface area contributed by atoms with Gasteiger partial charge in [-0.15, -0.1) is 24.0 Å². The van der Waals surface area contributed by atoms with Crippen LogP contribution in [0.1, 0.15) is 36.9 Å². The van der Waals surface area contributed by atoms with Gasteiger partial charge in [0.1, 0.15) is 5.82 Å². The summed E-state index contributed by atoms with van der Waals surface area (Å²) in [6.45, 7) is 2.52. The smallest absolute Gasteiger partial charge is 0.191 e. The molecule has 0 amide bonds. The molecular formula is C21H26F2IN3O. The van der Waals surface area contributed by atoms with Crippen molar-refractivity contribution in [3.8, 4) is 5.75 Å². The van der Waals surface area contributed by atoms with E-state index in [2.05, 4.69) is 15.6 Å². The first-order chi connectivity index (χ1) is 13.0. The lowest BCUT2D eigenvalue weighted by atomic mass is 9.95. The number of hydrogen-bond donors (Lipinski definition) is 2. The number of nitrogens with zero attached hydrogens (tertiary/aromatic N) is 1. The third-order valence-corrected chi connectivity index (χ3v) is 5.15. The first-order valence-electron chi connectivity index (χ1n) is 9.05. The lowest BCUT2D eigenvalue weighted by molar-refractivity contribution is 0.386. The average Bonchev–Trinajstić information content (AvgIpc) is 3.46. The summed E-state index contributed by atoms with van der Waals surface area (Å²) in [5.41, 5.74) is 1.35. The quantitative estimate of drug-likeness (QED) is 0.347. The Labute approximate surface area is 181 Å². The van der Waals surface area contributed by atoms with E-state index in [9.17, 15) is 8.78 Å². The molecule has 0 aliphatic heterocycles. The van der Waals surface area contributed by atoms with Gasteiger partial charge in [-0.2, -0.15) is 0 Å². The fourth-order valence-corrected chi connectivity index (χ4v) is 3.27. The van der Waals surface area contributed by atoms with Crippen LogP contribution >= 0.6 is 24.0 Å². The minimum atomic E-state index is -0.400. The molecule has 1 fully saturated rings. The number of hydrogen-bond acceptors (Lipinski definition) is 2. The van der Waals surface area contributed by atoms with Crippen molar-refractivity contribution in [1.82, 2.24) is 10.6 Å². The predicted molar refractivity (Wildman–Crippen MR) is 119 cm³/mol. The summed E-state index contributed by atoms with van der Waals surface area (Å²) in [5, 5.41) is 6.54. The zero-order valence-electron chi connectivity index (χ0n) is 16.3. The average molecular weight is 501 g/mol. The van der Waals surface area contributed by atoms with Crippen molar-refractivity contribution in [1.29, 1.82) is 0 Å². The van der Waals surface area contributed by atoms with Gasteiger partial charge in [0.2, 0.25) is 0 Å². The third kappa shape index (κ3) is 4.92. The lowest BCUT2D eigenvalue weighted by Gasteiger charge is -2.22. The molecule has 1 aliphatic rings. The summed E-state index contributed by atoms with van der Waals surface area (Å²) in [6.07, 6.45) is 1.88. The molecule has 0 radical (unpaired) electrons. The van der Waals surface area contributed by atoms with Gasteiger partial charge in [-0.3, -0.25) is 4.99 Å². The summed E-state index contributed by atoms with van der Waals surface area (Å²) >= 11 is 0. The Morgan fingerprint density at radius 1 is 1.18 bits per heavy atom. The zero-order chi connectivity index (χ0) is 19.4. The topological polar surface area (TPSA) is 45.7 Å². The normalized spacial score (nSPS) is 16.0. The maximum atomic E-state index is 14.1. The number of nitrogens with one attached hydrogen (secondary N) is 2. The third-order valence-electron chi connectivity index (χ3n) is 5.15. The van der Waals surface area contributed by atoms with E-state index >= 15 is 0 Å². The second-order valence-corrected chi connectivity index (χ2v) is 6.95. The molecule has 1 unspecified atom stereocenters. The van der Waals surface area contributed by atoms with Crippen molar-refractivity contribution in [3.63, 3.8) is 0 Å². The Bertz CT molecular complexity index is 840. The molecule has 1 atom stereocenters. The predicted octanol–water partition coefficient (Wildman–Crippen LogP) is 4.55. The maximum absolute atomic E-state index is 14.1. The molecule has 2 aromatic rings. The highest BCUT2D eigenvalue weighted by molar-refractivity contribution is 14.0. The van der Waals surface area contributed by atoms with E-state index in [-0.39, 0.29) is 47.0 Å². The van der Waals surface area contributed by atoms with Gasteiger partial charge in [0.15, 0.2) is 17.5 Å². The monoisotopic (exact) mass is 501 g/mol. The van der Waals surface area contributed by atoms with E-state index in [0.29, 0.717) is 12.5 Å². The summed E-state index contributed by atoms with van der Waals surface area (Å²) in [7, 11) is 3.12. The van der Waals surface area contributed by atoms with E-state index in [4.69, 9.17) is 4.74 Å². The van der Waals surface area contributed by atoms with Gasteiger partial charge >= 0.3 is 0 Å². The molecule has 0 bridgehead atoms. The molecule has 0 saturated heterocycles. The number of aliphatic imine (C=N–C) groups is 1. The van der Waals surface area contributed by atoms with Gasteiger partial charge < -0.3 is 15.4 Å². The molecule has 2 aromatic carbocycles. The van der Waals surface area contributed by atoms with Crippen molar-refractivity contribution in [2.75, 3.05) is 20.7 Å². The van der Waals surface area contributed by atoms with Crippen LogP contribution in [0.3, 0.4) is 0 Å². The summed E-state index contributed by atoms with van der Waals surface area (Å²) < 4.78 is 33.0. The lowest BCUT2D eigenvalue weighted by Crippen LogP contribution is -2.42. The van der Waals surface area contributed by atoms with E-state index in [0.717, 1.165) is 24.0 Å². The van der Waals surface area contributed by atoms with Crippen LogP contribution in [0.25, 0.3) is 0 Å². The fourth-order valence-electron chi connectivity index (χ4n) is 3.27. The van der Waals surface area contributed by atoms with Gasteiger partial charge in [0, 0.05) is 19.0 Å². The SMILES string of the molecule is CN=C(NCC1(c2ccccc2F)CC1)NC(C)c1ccc(OC)c(F)c1.I. The van der Waals surface area contributed by atoms with Gasteiger partial charge in [-0.1, -0.05) is 24.3 Å². The van der Waals surface area contributed by atoms with Crippen molar-refractivity contribution >= 4 is 29.9 Å². The number of methoxy groups -OCH3 is 1. The van der Waals surface area contributed by atoms with Crippen molar-refractivity contribution in [2.24, 2.45) is 4.99 Å². The number of guanidine groups is 1. The number of ether oxygens (including phenoxy) is 1. The Morgan fingerprint density at radius 3 is 2.46 bits per heavy atom. The second kappa shape index (κ2) is 9.54. The number of rotatable bonds is 6. The van der Waals surface area contributed by atoms with Crippen LogP contribution in [0.4, 0.5) is 8.78 Å². The summed E-state index contributed by atoms with van der Waals surface area (Å²) in [4.78, 5) is 4.24. The Hall–Kier alpha value is -1.90. The first kappa shape index (κ1) is 22.4. The minimum Gasteiger partial charge on any atom is -0.494 e. The van der Waals surface area contributed by atoms with Crippen LogP contribution in [0.5, 0.6) is 5.75 Å². The number of halogens is 3. The van der Waals surface area contributed by atoms with Crippen LogP contribution in [0, 0.1) is 11.6 Å². The molecule has 4 nitrogen and oxygen atoms in total. The zero-order valence-corrected chi connectivity index (χ0v) is 18.6. The molecule has 0 aromatic heterocycles. The summed E-state index contributed by atoms with van der Waals surface area (Å²) in [6, 6.07) is 11.6. The highest BCUT2D eigenvalue weighted by Gasteiger charge is 2.45. The van der Waals surface area contributed by atoms with Crippen LogP contribution in [-0.2, 0) is 5.41 Å². The van der Waals surface area contributed by atoms with E-state index in [1.54, 1.807) is 19.2 Å². The van der Waals surface area contributed by atoms with Crippen LogP contribution in [0.15, 0.2) is 47.5 Å². The van der Waals surface area contributed by atoms with Gasteiger partial charge in [0.05, 0.1) is 13.2 Å². The molecule has 0 spiro atoms. The molecule has 28 heavy (non-hydrogen) atoms. The standard InChI is InChI=1S/C21H25F2N3O.HI/c1-14(15-8-9-19(27-3)18(23)12-15)26-20(24-2)25-13-21(10-11-21)16-6-4-5-7-17(16)22;/h4-9,12,14H,10-11,13H2,1-3H3,(H2,24,25,26);1H. The first-order valence-corrected chi connectivity index (χ1v) is 9.05. The Morgan fingerprint density at radius 2 is 1.89 bits per heavy atom. The second-order valence-electron chi connectivity index (χ2n) is 6.95. The molecule has 1 aliphatic carbocycles. The molecular weight excluding hydrogens is 475 g/mol. The highest BCUT2D eigenvalue weighted by Crippen LogP contribution is 2.48. The largest absolute Gasteiger partial charge is 0.494 e. The fraction of sp³-hybridized carbons (Fsp3) is 0.381. The van der Waals surface area contributed by atoms with Crippen molar-refractivity contribution in [3.05, 3.63) is 65.2 Å². The van der Waals surface area contributed by atoms with E-state index in [1.807, 2.05) is 25.1 Å². The molecule has 152 valence electrons. The van der Waals surface area contributed by atoms with Gasteiger partial charge in [-0.05, 0) is 49.1 Å². The molecule has 0 heterocycles. The van der Waals surface area contributed by atoms with Crippen LogP contribution in [0.2, 0.25) is 0 Å². The number of benzene rings is 2. The van der Waals surface area contributed by atoms with E-state index < -0.39 is 5.82 Å². The maximum Gasteiger partial charge on any atom is 0.191 e. The van der Waals surface area contributed by atoms with Gasteiger partial charge in [-0.25, -0.2) is 8.78 Å². The molecule has 3 rings (SSSR count). The van der Waals surface area contributed by atoms with Crippen molar-refractivity contribution < 1.29 is 13.5 Å². The van der Waals surface area contributed by atoms with Crippen molar-refractivity contribution in [2.45, 2.75) is 31.2 Å². The highest BCUT2D eigenvalue weighted by atomic mass is 127. The van der Waals surface area contributed by atoms with Crippen LogP contribution < -0.4 is 15.4 Å². The Kier molecular flexibility index (Phi) is 7.63. The Balaban J connectivity index is 0.00000280. The minimum absolute atomic E-state index is 0. The molecule has 2 N–H and O–H groups in total. The summed E-state index contributed by atoms with van der Waals surface area (Å²) in [5.74, 6) is 0.250. The van der Waals surface area contributed by atoms with E-state index in [1.165, 1.54) is 19.2 Å². The van der Waals surface area contributed by atoms with Gasteiger partial charge in [0.25, 0.3) is 0 Å². The molecule has 1 saturated carbocycles. The molecule has 7 heteroatoms. The van der Waals surface area contributed by atoms with Crippen LogP contribution in [-0.4, -0.2) is 26.7 Å².